The molecule has 0 spiro atoms. The Bertz CT molecular complexity index is 186. The minimum atomic E-state index is 0.709. The summed E-state index contributed by atoms with van der Waals surface area (Å²) in [6.45, 7) is 10.7. The molecule has 0 heterocycles. The molecule has 11 heavy (non-hydrogen) atoms. The number of hydrogen-bond acceptors (Lipinski definition) is 0. The zero-order chi connectivity index (χ0) is 8.43. The molecule has 62 valence electrons. The summed E-state index contributed by atoms with van der Waals surface area (Å²) in [6.07, 6.45) is 4.96. The van der Waals surface area contributed by atoms with Crippen molar-refractivity contribution >= 4 is 0 Å². The fourth-order valence-corrected chi connectivity index (χ4v) is 1.99. The van der Waals surface area contributed by atoms with Crippen molar-refractivity contribution in [3.63, 3.8) is 0 Å². The third-order valence-electron chi connectivity index (χ3n) is 2.66. The van der Waals surface area contributed by atoms with Gasteiger partial charge in [-0.15, -0.1) is 0 Å². The minimum Gasteiger partial charge on any atom is -0.0998 e. The van der Waals surface area contributed by atoms with Crippen LogP contribution < -0.4 is 0 Å². The lowest BCUT2D eigenvalue weighted by atomic mass is 9.79. The molecule has 0 bridgehead atoms. The van der Waals surface area contributed by atoms with E-state index in [1.165, 1.54) is 18.4 Å². The van der Waals surface area contributed by atoms with E-state index in [0.29, 0.717) is 5.92 Å². The summed E-state index contributed by atoms with van der Waals surface area (Å²) in [5.41, 5.74) is 2.90. The topological polar surface area (TPSA) is 0 Å². The molecular weight excluding hydrogens is 132 g/mol. The van der Waals surface area contributed by atoms with Gasteiger partial charge < -0.3 is 0 Å². The van der Waals surface area contributed by atoms with Gasteiger partial charge in [0.25, 0.3) is 0 Å². The molecule has 1 aliphatic carbocycles. The van der Waals surface area contributed by atoms with Gasteiger partial charge in [0, 0.05) is 0 Å². The Morgan fingerprint density at radius 2 is 2.27 bits per heavy atom. The average Bonchev–Trinajstić information content (AvgIpc) is 1.85. The maximum absolute atomic E-state index is 4.02. The van der Waals surface area contributed by atoms with E-state index in [-0.39, 0.29) is 0 Å². The van der Waals surface area contributed by atoms with Crippen LogP contribution in [0.5, 0.6) is 0 Å². The van der Waals surface area contributed by atoms with Gasteiger partial charge in [-0.3, -0.25) is 0 Å². The van der Waals surface area contributed by atoms with Gasteiger partial charge in [-0.2, -0.15) is 0 Å². The van der Waals surface area contributed by atoms with Gasteiger partial charge in [-0.25, -0.2) is 0 Å². The van der Waals surface area contributed by atoms with Gasteiger partial charge in [-0.05, 0) is 38.5 Å². The van der Waals surface area contributed by atoms with Crippen molar-refractivity contribution in [2.45, 2.75) is 33.6 Å². The van der Waals surface area contributed by atoms with E-state index in [0.717, 1.165) is 5.92 Å². The second kappa shape index (κ2) is 3.25. The van der Waals surface area contributed by atoms with Crippen LogP contribution in [0.1, 0.15) is 33.6 Å². The van der Waals surface area contributed by atoms with Gasteiger partial charge in [-0.1, -0.05) is 30.7 Å². The van der Waals surface area contributed by atoms with Crippen LogP contribution in [0, 0.1) is 11.8 Å². The number of rotatable bonds is 1. The maximum atomic E-state index is 4.02. The molecule has 2 atom stereocenters. The fraction of sp³-hybridized carbons (Fsp3) is 0.636. The van der Waals surface area contributed by atoms with E-state index in [1.54, 1.807) is 5.57 Å². The first-order valence-corrected chi connectivity index (χ1v) is 4.44. The van der Waals surface area contributed by atoms with Gasteiger partial charge in [0.15, 0.2) is 0 Å². The maximum Gasteiger partial charge on any atom is -0.0145 e. The average molecular weight is 150 g/mol. The SMILES string of the molecule is C=C(C)[C@@H]1CCC(C)=C[C@H]1C. The number of hydrogen-bond donors (Lipinski definition) is 0. The second-order valence-corrected chi connectivity index (χ2v) is 3.86. The third-order valence-corrected chi connectivity index (χ3v) is 2.66. The van der Waals surface area contributed by atoms with Crippen LogP contribution in [-0.4, -0.2) is 0 Å². The Morgan fingerprint density at radius 1 is 1.64 bits per heavy atom. The van der Waals surface area contributed by atoms with E-state index < -0.39 is 0 Å². The first kappa shape index (κ1) is 8.58. The molecule has 0 aliphatic heterocycles. The predicted octanol–water partition coefficient (Wildman–Crippen LogP) is 3.55. The predicted molar refractivity (Wildman–Crippen MR) is 50.5 cm³/mol. The Morgan fingerprint density at radius 3 is 2.73 bits per heavy atom. The van der Waals surface area contributed by atoms with Crippen LogP contribution in [0.25, 0.3) is 0 Å². The molecule has 0 aromatic rings. The molecule has 0 nitrogen and oxygen atoms in total. The van der Waals surface area contributed by atoms with Crippen molar-refractivity contribution in [1.82, 2.24) is 0 Å². The molecular formula is C11H18. The van der Waals surface area contributed by atoms with Gasteiger partial charge >= 0.3 is 0 Å². The summed E-state index contributed by atoms with van der Waals surface area (Å²) in [4.78, 5) is 0. The normalized spacial score (nSPS) is 31.4. The van der Waals surface area contributed by atoms with E-state index in [1.807, 2.05) is 0 Å². The lowest BCUT2D eigenvalue weighted by Gasteiger charge is -2.27. The highest BCUT2D eigenvalue weighted by atomic mass is 14.2. The summed E-state index contributed by atoms with van der Waals surface area (Å²) in [5, 5.41) is 0. The molecule has 0 aromatic heterocycles. The van der Waals surface area contributed by atoms with Crippen molar-refractivity contribution in [2.24, 2.45) is 11.8 Å². The molecule has 0 heteroatoms. The Hall–Kier alpha value is -0.520. The van der Waals surface area contributed by atoms with Crippen molar-refractivity contribution in [3.8, 4) is 0 Å². The summed E-state index contributed by atoms with van der Waals surface area (Å²) >= 11 is 0. The van der Waals surface area contributed by atoms with Gasteiger partial charge in [0.1, 0.15) is 0 Å². The molecule has 0 aromatic carbocycles. The molecule has 1 rings (SSSR count). The second-order valence-electron chi connectivity index (χ2n) is 3.86. The van der Waals surface area contributed by atoms with Crippen LogP contribution in [0.4, 0.5) is 0 Å². The molecule has 0 amide bonds. The van der Waals surface area contributed by atoms with Gasteiger partial charge in [0.05, 0.1) is 0 Å². The fourth-order valence-electron chi connectivity index (χ4n) is 1.99. The highest BCUT2D eigenvalue weighted by molar-refractivity contribution is 5.12. The van der Waals surface area contributed by atoms with E-state index in [2.05, 4.69) is 33.4 Å². The van der Waals surface area contributed by atoms with Gasteiger partial charge in [0.2, 0.25) is 0 Å². The molecule has 0 unspecified atom stereocenters. The highest BCUT2D eigenvalue weighted by Gasteiger charge is 2.19. The number of allylic oxidation sites excluding steroid dienone is 3. The smallest absolute Gasteiger partial charge is 0.0145 e. The molecule has 0 saturated heterocycles. The van der Waals surface area contributed by atoms with Crippen molar-refractivity contribution in [2.75, 3.05) is 0 Å². The standard InChI is InChI=1S/C11H18/c1-8(2)11-6-5-9(3)7-10(11)4/h7,10-11H,1,5-6H2,2-4H3/t10-,11+/m1/s1. The van der Waals surface area contributed by atoms with Crippen LogP contribution in [-0.2, 0) is 0 Å². The van der Waals surface area contributed by atoms with Crippen molar-refractivity contribution in [1.29, 1.82) is 0 Å². The van der Waals surface area contributed by atoms with Crippen LogP contribution in [0.3, 0.4) is 0 Å². The lowest BCUT2D eigenvalue weighted by molar-refractivity contribution is 0.428. The lowest BCUT2D eigenvalue weighted by Crippen LogP contribution is -2.15. The molecule has 0 radical (unpaired) electrons. The quantitative estimate of drug-likeness (QED) is 0.501. The first-order chi connectivity index (χ1) is 5.11. The Balaban J connectivity index is 2.68. The van der Waals surface area contributed by atoms with Crippen molar-refractivity contribution in [3.05, 3.63) is 23.8 Å². The third kappa shape index (κ3) is 1.95. The van der Waals surface area contributed by atoms with Crippen LogP contribution >= 0.6 is 0 Å². The Kier molecular flexibility index (Phi) is 2.53. The Labute approximate surface area is 70.0 Å². The summed E-state index contributed by atoms with van der Waals surface area (Å²) in [6, 6.07) is 0. The minimum absolute atomic E-state index is 0.709. The van der Waals surface area contributed by atoms with Crippen LogP contribution in [0.15, 0.2) is 23.8 Å². The van der Waals surface area contributed by atoms with E-state index in [9.17, 15) is 0 Å². The van der Waals surface area contributed by atoms with Crippen LogP contribution in [0.2, 0.25) is 0 Å². The monoisotopic (exact) mass is 150 g/mol. The van der Waals surface area contributed by atoms with E-state index >= 15 is 0 Å². The summed E-state index contributed by atoms with van der Waals surface area (Å²) in [5.74, 6) is 1.44. The summed E-state index contributed by atoms with van der Waals surface area (Å²) in [7, 11) is 0. The molecule has 0 fully saturated rings. The summed E-state index contributed by atoms with van der Waals surface area (Å²) < 4.78 is 0. The largest absolute Gasteiger partial charge is 0.0998 e. The molecule has 0 N–H and O–H groups in total. The molecule has 0 saturated carbocycles. The van der Waals surface area contributed by atoms with Crippen molar-refractivity contribution < 1.29 is 0 Å². The first-order valence-electron chi connectivity index (χ1n) is 4.44. The zero-order valence-electron chi connectivity index (χ0n) is 7.85. The van der Waals surface area contributed by atoms with E-state index in [4.69, 9.17) is 0 Å². The zero-order valence-corrected chi connectivity index (χ0v) is 7.85. The highest BCUT2D eigenvalue weighted by Crippen LogP contribution is 2.32. The molecule has 1 aliphatic rings.